The lowest BCUT2D eigenvalue weighted by Crippen LogP contribution is -2.19. The highest BCUT2D eigenvalue weighted by Gasteiger charge is 2.18. The van der Waals surface area contributed by atoms with Gasteiger partial charge in [0.1, 0.15) is 5.69 Å². The fourth-order valence-corrected chi connectivity index (χ4v) is 3.01. The minimum Gasteiger partial charge on any atom is -0.490 e. The van der Waals surface area contributed by atoms with Crippen molar-refractivity contribution >= 4 is 16.3 Å². The summed E-state index contributed by atoms with van der Waals surface area (Å²) < 4.78 is 12.6. The van der Waals surface area contributed by atoms with Crippen LogP contribution in [0, 0.1) is 6.92 Å². The average molecular weight is 332 g/mol. The number of aryl methyl sites for hydroxylation is 1. The number of rotatable bonds is 5. The van der Waals surface area contributed by atoms with Gasteiger partial charge >= 0.3 is 0 Å². The second-order valence-electron chi connectivity index (χ2n) is 4.69. The summed E-state index contributed by atoms with van der Waals surface area (Å²) in [7, 11) is 0. The number of ether oxygens (including phenoxy) is 2. The van der Waals surface area contributed by atoms with E-state index in [1.165, 1.54) is 15.9 Å². The molecule has 0 amide bonds. The minimum atomic E-state index is -0.267. The molecule has 1 aromatic carbocycles. The van der Waals surface area contributed by atoms with Crippen molar-refractivity contribution in [3.8, 4) is 22.1 Å². The lowest BCUT2D eigenvalue weighted by Gasteiger charge is -2.13. The third-order valence-corrected chi connectivity index (χ3v) is 4.08. The van der Waals surface area contributed by atoms with E-state index in [9.17, 15) is 4.79 Å². The van der Waals surface area contributed by atoms with E-state index in [1.807, 2.05) is 32.0 Å². The van der Waals surface area contributed by atoms with Crippen molar-refractivity contribution in [2.75, 3.05) is 13.2 Å². The van der Waals surface area contributed by atoms with Gasteiger partial charge in [-0.25, -0.2) is 0 Å². The molecule has 3 rings (SSSR count). The van der Waals surface area contributed by atoms with E-state index < -0.39 is 0 Å². The van der Waals surface area contributed by atoms with Crippen LogP contribution in [0.2, 0.25) is 0 Å². The second kappa shape index (κ2) is 6.33. The normalized spacial score (nSPS) is 10.9. The molecule has 0 aliphatic carbocycles. The van der Waals surface area contributed by atoms with Crippen LogP contribution in [-0.2, 0) is 0 Å². The van der Waals surface area contributed by atoms with Gasteiger partial charge in [-0.3, -0.25) is 4.79 Å². The SMILES string of the molecule is CCOc1cccc(-c2nn3c(=O)c(C)nnc3s2)c1OCC. The monoisotopic (exact) mass is 332 g/mol. The van der Waals surface area contributed by atoms with Gasteiger partial charge in [0.25, 0.3) is 5.56 Å². The first-order valence-electron chi connectivity index (χ1n) is 7.27. The van der Waals surface area contributed by atoms with Gasteiger partial charge in [0.2, 0.25) is 4.96 Å². The minimum absolute atomic E-state index is 0.267. The van der Waals surface area contributed by atoms with Crippen LogP contribution in [-0.4, -0.2) is 33.0 Å². The molecule has 120 valence electrons. The Morgan fingerprint density at radius 1 is 1.17 bits per heavy atom. The molecule has 0 atom stereocenters. The highest BCUT2D eigenvalue weighted by atomic mass is 32.1. The number of nitrogens with zero attached hydrogens (tertiary/aromatic N) is 4. The van der Waals surface area contributed by atoms with Gasteiger partial charge in [0.15, 0.2) is 16.5 Å². The summed E-state index contributed by atoms with van der Waals surface area (Å²) in [6.07, 6.45) is 0. The molecule has 0 bridgehead atoms. The summed E-state index contributed by atoms with van der Waals surface area (Å²) >= 11 is 1.28. The van der Waals surface area contributed by atoms with Crippen LogP contribution in [0.15, 0.2) is 23.0 Å². The maximum Gasteiger partial charge on any atom is 0.296 e. The predicted octanol–water partition coefficient (Wildman–Crippen LogP) is 2.32. The third-order valence-electron chi connectivity index (χ3n) is 3.15. The van der Waals surface area contributed by atoms with Gasteiger partial charge in [0.05, 0.1) is 18.8 Å². The molecular formula is C15H16N4O3S. The summed E-state index contributed by atoms with van der Waals surface area (Å²) in [5, 5.41) is 12.9. The van der Waals surface area contributed by atoms with Crippen molar-refractivity contribution in [1.29, 1.82) is 0 Å². The third kappa shape index (κ3) is 2.77. The van der Waals surface area contributed by atoms with Crippen molar-refractivity contribution in [3.63, 3.8) is 0 Å². The predicted molar refractivity (Wildman–Crippen MR) is 87.4 cm³/mol. The van der Waals surface area contributed by atoms with Gasteiger partial charge in [-0.15, -0.1) is 10.2 Å². The Labute approximate surface area is 136 Å². The van der Waals surface area contributed by atoms with Crippen LogP contribution in [0.4, 0.5) is 0 Å². The number of para-hydroxylation sites is 1. The molecule has 0 fully saturated rings. The molecule has 0 saturated carbocycles. The number of fused-ring (bicyclic) bond motifs is 1. The summed E-state index contributed by atoms with van der Waals surface area (Å²) in [6.45, 7) is 6.47. The maximum absolute atomic E-state index is 12.1. The first-order chi connectivity index (χ1) is 11.2. The van der Waals surface area contributed by atoms with E-state index in [0.29, 0.717) is 40.4 Å². The zero-order chi connectivity index (χ0) is 16.4. The maximum atomic E-state index is 12.1. The van der Waals surface area contributed by atoms with E-state index in [2.05, 4.69) is 15.3 Å². The molecule has 0 N–H and O–H groups in total. The van der Waals surface area contributed by atoms with Crippen LogP contribution >= 0.6 is 11.3 Å². The fraction of sp³-hybridized carbons (Fsp3) is 0.333. The van der Waals surface area contributed by atoms with Crippen LogP contribution in [0.25, 0.3) is 15.5 Å². The summed E-state index contributed by atoms with van der Waals surface area (Å²) in [4.78, 5) is 12.5. The molecule has 0 aliphatic heterocycles. The number of benzene rings is 1. The van der Waals surface area contributed by atoms with E-state index in [4.69, 9.17) is 9.47 Å². The lowest BCUT2D eigenvalue weighted by molar-refractivity contribution is 0.289. The molecule has 3 aromatic rings. The molecule has 0 spiro atoms. The Balaban J connectivity index is 2.20. The molecule has 0 unspecified atom stereocenters. The topological polar surface area (TPSA) is 78.6 Å². The van der Waals surface area contributed by atoms with Crippen LogP contribution in [0.3, 0.4) is 0 Å². The Hall–Kier alpha value is -2.48. The van der Waals surface area contributed by atoms with E-state index >= 15 is 0 Å². The summed E-state index contributed by atoms with van der Waals surface area (Å²) in [5.41, 5.74) is 0.814. The van der Waals surface area contributed by atoms with E-state index in [1.54, 1.807) is 6.92 Å². The average Bonchev–Trinajstić information content (AvgIpc) is 2.98. The lowest BCUT2D eigenvalue weighted by atomic mass is 10.2. The molecule has 0 saturated heterocycles. The molecule has 8 heteroatoms. The Kier molecular flexibility index (Phi) is 4.24. The summed E-state index contributed by atoms with van der Waals surface area (Å²) in [5.74, 6) is 1.27. The number of hydrogen-bond acceptors (Lipinski definition) is 7. The van der Waals surface area contributed by atoms with Crippen molar-refractivity contribution < 1.29 is 9.47 Å². The van der Waals surface area contributed by atoms with Crippen molar-refractivity contribution in [1.82, 2.24) is 19.8 Å². The van der Waals surface area contributed by atoms with Crippen LogP contribution in [0.5, 0.6) is 11.5 Å². The zero-order valence-corrected chi connectivity index (χ0v) is 13.9. The molecule has 0 aliphatic rings. The van der Waals surface area contributed by atoms with Gasteiger partial charge in [-0.1, -0.05) is 17.4 Å². The Bertz CT molecular complexity index is 903. The number of hydrogen-bond donors (Lipinski definition) is 0. The molecular weight excluding hydrogens is 316 g/mol. The van der Waals surface area contributed by atoms with Gasteiger partial charge < -0.3 is 9.47 Å². The van der Waals surface area contributed by atoms with Crippen molar-refractivity contribution in [2.45, 2.75) is 20.8 Å². The standard InChI is InChI=1S/C15H16N4O3S/c1-4-21-11-8-6-7-10(12(11)22-5-2)13-18-19-14(20)9(3)16-17-15(19)23-13/h6-8H,4-5H2,1-3H3. The zero-order valence-electron chi connectivity index (χ0n) is 13.1. The van der Waals surface area contributed by atoms with Crippen LogP contribution in [0.1, 0.15) is 19.5 Å². The Morgan fingerprint density at radius 3 is 2.70 bits per heavy atom. The van der Waals surface area contributed by atoms with Crippen LogP contribution < -0.4 is 15.0 Å². The van der Waals surface area contributed by atoms with Crippen molar-refractivity contribution in [2.24, 2.45) is 0 Å². The fourth-order valence-electron chi connectivity index (χ4n) is 2.15. The van der Waals surface area contributed by atoms with Gasteiger partial charge in [0, 0.05) is 0 Å². The van der Waals surface area contributed by atoms with Crippen molar-refractivity contribution in [3.05, 3.63) is 34.2 Å². The van der Waals surface area contributed by atoms with E-state index in [0.717, 1.165) is 5.56 Å². The largest absolute Gasteiger partial charge is 0.490 e. The molecule has 7 nitrogen and oxygen atoms in total. The van der Waals surface area contributed by atoms with Gasteiger partial charge in [-0.05, 0) is 32.9 Å². The first-order valence-corrected chi connectivity index (χ1v) is 8.09. The quantitative estimate of drug-likeness (QED) is 0.713. The molecule has 0 radical (unpaired) electrons. The highest BCUT2D eigenvalue weighted by Crippen LogP contribution is 2.39. The second-order valence-corrected chi connectivity index (χ2v) is 5.65. The van der Waals surface area contributed by atoms with E-state index in [-0.39, 0.29) is 5.56 Å². The first kappa shape index (κ1) is 15.4. The molecule has 2 aromatic heterocycles. The highest BCUT2D eigenvalue weighted by molar-refractivity contribution is 7.19. The Morgan fingerprint density at radius 2 is 1.96 bits per heavy atom. The summed E-state index contributed by atoms with van der Waals surface area (Å²) in [6, 6.07) is 5.60. The number of aromatic nitrogens is 4. The molecule has 2 heterocycles. The van der Waals surface area contributed by atoms with Gasteiger partial charge in [-0.2, -0.15) is 9.61 Å². The smallest absolute Gasteiger partial charge is 0.296 e. The molecule has 23 heavy (non-hydrogen) atoms.